The molecule has 0 spiro atoms. The van der Waals surface area contributed by atoms with Crippen LogP contribution >= 0.6 is 0 Å². The number of fused-ring (bicyclic) bond motifs is 3. The van der Waals surface area contributed by atoms with Crippen molar-refractivity contribution in [3.63, 3.8) is 0 Å². The molecule has 3 aliphatic rings. The van der Waals surface area contributed by atoms with Crippen molar-refractivity contribution in [3.8, 4) is 11.5 Å². The van der Waals surface area contributed by atoms with E-state index in [4.69, 9.17) is 11.5 Å². The first kappa shape index (κ1) is 23.5. The van der Waals surface area contributed by atoms with Crippen molar-refractivity contribution in [2.45, 2.75) is 30.6 Å². The Morgan fingerprint density at radius 3 is 2.26 bits per heavy atom. The predicted octanol–water partition coefficient (Wildman–Crippen LogP) is -1.22. The van der Waals surface area contributed by atoms with E-state index in [9.17, 15) is 45.0 Å². The molecule has 1 aromatic rings. The summed E-state index contributed by atoms with van der Waals surface area (Å²) >= 11 is 0. The van der Waals surface area contributed by atoms with Gasteiger partial charge in [0.1, 0.15) is 28.5 Å². The van der Waals surface area contributed by atoms with Crippen LogP contribution in [0.25, 0.3) is 5.76 Å². The molecule has 34 heavy (non-hydrogen) atoms. The van der Waals surface area contributed by atoms with Crippen LogP contribution in [0.3, 0.4) is 0 Å². The molecule has 12 nitrogen and oxygen atoms in total. The summed E-state index contributed by atoms with van der Waals surface area (Å²) in [6, 6.07) is -0.259. The summed E-state index contributed by atoms with van der Waals surface area (Å²) in [6.07, 6.45) is -1.71. The zero-order valence-corrected chi connectivity index (χ0v) is 18.5. The number of amides is 1. The summed E-state index contributed by atoms with van der Waals surface area (Å²) < 4.78 is 0. The number of ketones is 2. The summed E-state index contributed by atoms with van der Waals surface area (Å²) in [6.45, 7) is 1.55. The highest BCUT2D eigenvalue weighted by Crippen LogP contribution is 2.57. The summed E-state index contributed by atoms with van der Waals surface area (Å²) in [5, 5.41) is 65.3. The Balaban J connectivity index is 2.08. The van der Waals surface area contributed by atoms with Crippen molar-refractivity contribution in [2.75, 3.05) is 19.8 Å². The first-order valence-electron chi connectivity index (χ1n) is 10.4. The van der Waals surface area contributed by atoms with Gasteiger partial charge in [0.05, 0.1) is 23.6 Å². The van der Waals surface area contributed by atoms with Crippen LogP contribution in [0.2, 0.25) is 0 Å². The number of aliphatic hydroxyl groups is 4. The highest BCUT2D eigenvalue weighted by atomic mass is 16.4. The predicted molar refractivity (Wildman–Crippen MR) is 116 cm³/mol. The normalized spacial score (nSPS) is 33.1. The Kier molecular flexibility index (Phi) is 4.98. The maximum Gasteiger partial charge on any atom is 0.255 e. The number of aromatic hydroxyl groups is 2. The van der Waals surface area contributed by atoms with E-state index in [1.165, 1.54) is 25.1 Å². The van der Waals surface area contributed by atoms with Gasteiger partial charge in [0, 0.05) is 11.5 Å². The number of phenols is 2. The summed E-state index contributed by atoms with van der Waals surface area (Å²) in [4.78, 5) is 40.0. The monoisotopic (exact) mass is 475 g/mol. The van der Waals surface area contributed by atoms with E-state index in [0.717, 1.165) is 0 Å². The van der Waals surface area contributed by atoms with E-state index in [1.54, 1.807) is 6.92 Å². The van der Waals surface area contributed by atoms with Gasteiger partial charge in [-0.3, -0.25) is 19.3 Å². The minimum absolute atomic E-state index is 0.161. The zero-order chi connectivity index (χ0) is 25.6. The fourth-order valence-electron chi connectivity index (χ4n) is 5.68. The number of aliphatic hydroxyl groups excluding tert-OH is 3. The summed E-state index contributed by atoms with van der Waals surface area (Å²) in [7, 11) is 2.84. The van der Waals surface area contributed by atoms with Gasteiger partial charge in [0.15, 0.2) is 17.1 Å². The third-order valence-electron chi connectivity index (χ3n) is 7.27. The molecule has 0 unspecified atom stereocenters. The van der Waals surface area contributed by atoms with Gasteiger partial charge in [-0.25, -0.2) is 0 Å². The molecule has 6 atom stereocenters. The van der Waals surface area contributed by atoms with Crippen LogP contribution in [-0.2, 0) is 14.4 Å². The van der Waals surface area contributed by atoms with Crippen LogP contribution in [0.1, 0.15) is 24.0 Å². The number of anilines is 1. The number of nitrogens with zero attached hydrogens (tertiary/aromatic N) is 1. The molecular formula is C22H25N3O9. The lowest BCUT2D eigenvalue weighted by molar-refractivity contribution is -0.169. The lowest BCUT2D eigenvalue weighted by Crippen LogP contribution is -2.70. The van der Waals surface area contributed by atoms with E-state index in [2.05, 4.69) is 0 Å². The number of Topliss-reactive ketones (excluding diaryl/α,β-unsaturated/α-hetero) is 2. The first-order valence-corrected chi connectivity index (χ1v) is 10.4. The highest BCUT2D eigenvalue weighted by Gasteiger charge is 2.68. The lowest BCUT2D eigenvalue weighted by atomic mass is 9.54. The Morgan fingerprint density at radius 1 is 1.15 bits per heavy atom. The van der Waals surface area contributed by atoms with Crippen LogP contribution in [-0.4, -0.2) is 84.9 Å². The molecule has 1 amide bonds. The van der Waals surface area contributed by atoms with Gasteiger partial charge in [-0.05, 0) is 31.6 Å². The average Bonchev–Trinajstić information content (AvgIpc) is 2.74. The number of nitrogen functional groups attached to an aromatic ring is 1. The second kappa shape index (κ2) is 7.19. The average molecular weight is 475 g/mol. The maximum atomic E-state index is 13.7. The lowest BCUT2D eigenvalue weighted by Gasteiger charge is -2.53. The van der Waals surface area contributed by atoms with Crippen molar-refractivity contribution in [1.82, 2.24) is 4.90 Å². The number of carbonyl (C=O) groups excluding carboxylic acids is 3. The minimum atomic E-state index is -2.98. The SMILES string of the molecule is C[C@@H]1c2cc(O)c(N)c(O)c2C(O)=C2C(=O)[C@@]3(O)C(O)=C(C(N)=O)C(=O)[C@H](N(C)C)[C@H]3[C@H](O)[C@H]21. The third-order valence-corrected chi connectivity index (χ3v) is 7.27. The maximum absolute atomic E-state index is 13.7. The number of benzene rings is 1. The Morgan fingerprint density at radius 2 is 1.74 bits per heavy atom. The van der Waals surface area contributed by atoms with Gasteiger partial charge in [-0.2, -0.15) is 0 Å². The molecule has 3 aliphatic carbocycles. The number of hydrogen-bond donors (Lipinski definition) is 8. The molecule has 12 heteroatoms. The number of hydrogen-bond acceptors (Lipinski definition) is 11. The van der Waals surface area contributed by atoms with Gasteiger partial charge in [-0.1, -0.05) is 6.92 Å². The second-order valence-electron chi connectivity index (χ2n) is 9.17. The number of rotatable bonds is 2. The summed E-state index contributed by atoms with van der Waals surface area (Å²) in [5.41, 5.74) is 5.81. The fraction of sp³-hybridized carbons (Fsp3) is 0.409. The van der Waals surface area contributed by atoms with Crippen molar-refractivity contribution in [1.29, 1.82) is 0 Å². The molecule has 1 aromatic carbocycles. The van der Waals surface area contributed by atoms with E-state index in [-0.39, 0.29) is 11.1 Å². The van der Waals surface area contributed by atoms with Crippen molar-refractivity contribution < 1.29 is 45.0 Å². The molecule has 0 aromatic heterocycles. The van der Waals surface area contributed by atoms with Crippen LogP contribution in [0.4, 0.5) is 5.69 Å². The van der Waals surface area contributed by atoms with Gasteiger partial charge in [-0.15, -0.1) is 0 Å². The summed E-state index contributed by atoms with van der Waals surface area (Å²) in [5.74, 6) is -10.7. The molecule has 4 rings (SSSR count). The molecule has 0 heterocycles. The van der Waals surface area contributed by atoms with E-state index in [1.807, 2.05) is 0 Å². The molecule has 0 aliphatic heterocycles. The second-order valence-corrected chi connectivity index (χ2v) is 9.17. The van der Waals surface area contributed by atoms with E-state index < -0.39 is 92.8 Å². The Bertz CT molecular complexity index is 1230. The Labute approximate surface area is 193 Å². The van der Waals surface area contributed by atoms with Crippen molar-refractivity contribution in [3.05, 3.63) is 34.1 Å². The largest absolute Gasteiger partial charge is 0.508 e. The standard InChI is InChI=1S/C22H25N3O9/c1-5-6-4-7(26)13(23)17(29)9(6)15(27)10-8(5)16(28)12-14(25(2)3)18(30)11(21(24)33)20(32)22(12,34)19(10)31/h4-5,8,12,14,16,26-29,32,34H,23H2,1-3H3,(H2,24,33)/t5-,8+,12+,14-,16-,22-/m1/s1. The number of carbonyl (C=O) groups is 3. The molecule has 0 bridgehead atoms. The number of likely N-dealkylation sites (N-methyl/N-ethyl adjacent to an activating group) is 1. The number of nitrogens with two attached hydrogens (primary N) is 2. The molecule has 10 N–H and O–H groups in total. The molecule has 0 radical (unpaired) electrons. The fourth-order valence-corrected chi connectivity index (χ4v) is 5.68. The topological polar surface area (TPSA) is 228 Å². The van der Waals surface area contributed by atoms with Gasteiger partial charge in [0.2, 0.25) is 5.78 Å². The van der Waals surface area contributed by atoms with Crippen LogP contribution in [0.15, 0.2) is 23.0 Å². The smallest absolute Gasteiger partial charge is 0.255 e. The molecule has 1 fully saturated rings. The molecular weight excluding hydrogens is 450 g/mol. The van der Waals surface area contributed by atoms with E-state index >= 15 is 0 Å². The number of phenolic OH excluding ortho intramolecular Hbond substituents is 2. The van der Waals surface area contributed by atoms with Crippen LogP contribution in [0.5, 0.6) is 11.5 Å². The molecule has 182 valence electrons. The third kappa shape index (κ3) is 2.61. The Hall–Kier alpha value is -3.61. The minimum Gasteiger partial charge on any atom is -0.508 e. The highest BCUT2D eigenvalue weighted by molar-refractivity contribution is 6.24. The van der Waals surface area contributed by atoms with E-state index in [0.29, 0.717) is 0 Å². The number of primary amides is 1. The van der Waals surface area contributed by atoms with Crippen LogP contribution < -0.4 is 11.5 Å². The van der Waals surface area contributed by atoms with Gasteiger partial charge < -0.3 is 42.1 Å². The zero-order valence-electron chi connectivity index (χ0n) is 18.5. The van der Waals surface area contributed by atoms with Crippen molar-refractivity contribution in [2.24, 2.45) is 17.6 Å². The van der Waals surface area contributed by atoms with Crippen molar-refractivity contribution >= 4 is 28.9 Å². The van der Waals surface area contributed by atoms with Crippen LogP contribution in [0, 0.1) is 11.8 Å². The van der Waals surface area contributed by atoms with Gasteiger partial charge >= 0.3 is 0 Å². The van der Waals surface area contributed by atoms with Gasteiger partial charge in [0.25, 0.3) is 5.91 Å². The first-order chi connectivity index (χ1) is 15.7. The molecule has 0 saturated heterocycles. The quantitative estimate of drug-likeness (QED) is 0.144. The molecule has 1 saturated carbocycles.